The maximum absolute atomic E-state index is 11.8. The van der Waals surface area contributed by atoms with Crippen LogP contribution in [0.15, 0.2) is 0 Å². The molecule has 1 fully saturated rings. The van der Waals surface area contributed by atoms with Crippen LogP contribution in [0.25, 0.3) is 0 Å². The lowest BCUT2D eigenvalue weighted by molar-refractivity contribution is -0.125. The van der Waals surface area contributed by atoms with Crippen molar-refractivity contribution in [3.8, 4) is 0 Å². The van der Waals surface area contributed by atoms with Crippen molar-refractivity contribution in [2.75, 3.05) is 33.4 Å². The average molecular weight is 230 g/mol. The summed E-state index contributed by atoms with van der Waals surface area (Å²) >= 11 is 0. The van der Waals surface area contributed by atoms with E-state index in [-0.39, 0.29) is 24.5 Å². The van der Waals surface area contributed by atoms with E-state index in [4.69, 9.17) is 9.84 Å². The van der Waals surface area contributed by atoms with Gasteiger partial charge < -0.3 is 20.5 Å². The molecule has 0 radical (unpaired) electrons. The van der Waals surface area contributed by atoms with E-state index in [1.54, 1.807) is 0 Å². The summed E-state index contributed by atoms with van der Waals surface area (Å²) in [5, 5.41) is 14.7. The highest BCUT2D eigenvalue weighted by molar-refractivity contribution is 5.79. The smallest absolute Gasteiger partial charge is 0.227 e. The Bertz CT molecular complexity index is 223. The molecule has 0 aliphatic carbocycles. The van der Waals surface area contributed by atoms with E-state index in [2.05, 4.69) is 10.6 Å². The van der Waals surface area contributed by atoms with Crippen molar-refractivity contribution in [2.45, 2.75) is 19.4 Å². The number of likely N-dealkylation sites (N-methyl/N-ethyl adjacent to an activating group) is 1. The van der Waals surface area contributed by atoms with E-state index < -0.39 is 0 Å². The van der Waals surface area contributed by atoms with E-state index in [0.29, 0.717) is 25.7 Å². The Morgan fingerprint density at radius 1 is 1.56 bits per heavy atom. The summed E-state index contributed by atoms with van der Waals surface area (Å²) in [6.45, 7) is 3.89. The normalized spacial score (nSPS) is 26.7. The van der Waals surface area contributed by atoms with Crippen LogP contribution in [0.3, 0.4) is 0 Å². The molecule has 1 rings (SSSR count). The largest absolute Gasteiger partial charge is 0.396 e. The minimum atomic E-state index is -0.0914. The standard InChI is InChI=1S/C11H22N2O3/c1-8(3-4-14)5-13-11(15)9-6-16-7-10(9)12-2/h8-10,12,14H,3-7H2,1-2H3,(H,13,15). The summed E-state index contributed by atoms with van der Waals surface area (Å²) in [7, 11) is 1.84. The molecule has 16 heavy (non-hydrogen) atoms. The zero-order valence-corrected chi connectivity index (χ0v) is 10.0. The first-order valence-corrected chi connectivity index (χ1v) is 5.82. The molecule has 5 heteroatoms. The summed E-state index contributed by atoms with van der Waals surface area (Å²) in [4.78, 5) is 11.8. The lowest BCUT2D eigenvalue weighted by atomic mass is 10.0. The quantitative estimate of drug-likeness (QED) is 0.567. The van der Waals surface area contributed by atoms with Gasteiger partial charge in [-0.25, -0.2) is 0 Å². The predicted molar refractivity (Wildman–Crippen MR) is 61.0 cm³/mol. The van der Waals surface area contributed by atoms with Gasteiger partial charge in [0.25, 0.3) is 0 Å². The van der Waals surface area contributed by atoms with Gasteiger partial charge in [0, 0.05) is 19.2 Å². The van der Waals surface area contributed by atoms with E-state index in [9.17, 15) is 4.79 Å². The minimum Gasteiger partial charge on any atom is -0.396 e. The fourth-order valence-electron chi connectivity index (χ4n) is 1.83. The Labute approximate surface area is 96.6 Å². The van der Waals surface area contributed by atoms with Gasteiger partial charge in [-0.2, -0.15) is 0 Å². The first-order valence-electron chi connectivity index (χ1n) is 5.82. The molecule has 94 valence electrons. The molecule has 0 aromatic heterocycles. The van der Waals surface area contributed by atoms with E-state index in [1.807, 2.05) is 14.0 Å². The maximum atomic E-state index is 11.8. The van der Waals surface area contributed by atoms with Gasteiger partial charge in [-0.15, -0.1) is 0 Å². The predicted octanol–water partition coefficient (Wildman–Crippen LogP) is -0.644. The number of rotatable bonds is 6. The first-order chi connectivity index (χ1) is 7.69. The molecule has 3 unspecified atom stereocenters. The third-order valence-corrected chi connectivity index (χ3v) is 3.03. The van der Waals surface area contributed by atoms with Gasteiger partial charge in [0.1, 0.15) is 0 Å². The third-order valence-electron chi connectivity index (χ3n) is 3.03. The molecule has 0 bridgehead atoms. The van der Waals surface area contributed by atoms with Crippen LogP contribution in [-0.4, -0.2) is 50.5 Å². The van der Waals surface area contributed by atoms with Crippen molar-refractivity contribution in [1.82, 2.24) is 10.6 Å². The number of aliphatic hydroxyl groups excluding tert-OH is 1. The van der Waals surface area contributed by atoms with Gasteiger partial charge in [0.05, 0.1) is 19.1 Å². The highest BCUT2D eigenvalue weighted by Gasteiger charge is 2.32. The second-order valence-corrected chi connectivity index (χ2v) is 4.40. The van der Waals surface area contributed by atoms with Crippen LogP contribution in [0.2, 0.25) is 0 Å². The van der Waals surface area contributed by atoms with E-state index >= 15 is 0 Å². The van der Waals surface area contributed by atoms with Crippen molar-refractivity contribution in [1.29, 1.82) is 0 Å². The third kappa shape index (κ3) is 3.73. The lowest BCUT2D eigenvalue weighted by Crippen LogP contribution is -2.43. The van der Waals surface area contributed by atoms with Crippen molar-refractivity contribution in [3.05, 3.63) is 0 Å². The molecule has 1 heterocycles. The highest BCUT2D eigenvalue weighted by atomic mass is 16.5. The number of carbonyl (C=O) groups is 1. The second-order valence-electron chi connectivity index (χ2n) is 4.40. The van der Waals surface area contributed by atoms with Gasteiger partial charge in [-0.3, -0.25) is 4.79 Å². The van der Waals surface area contributed by atoms with Crippen LogP contribution in [0.4, 0.5) is 0 Å². The Balaban J connectivity index is 2.29. The number of ether oxygens (including phenoxy) is 1. The van der Waals surface area contributed by atoms with Crippen LogP contribution in [0.5, 0.6) is 0 Å². The van der Waals surface area contributed by atoms with Crippen LogP contribution < -0.4 is 10.6 Å². The van der Waals surface area contributed by atoms with E-state index in [1.165, 1.54) is 0 Å². The SMILES string of the molecule is CNC1COCC1C(=O)NCC(C)CCO. The number of hydrogen-bond acceptors (Lipinski definition) is 4. The monoisotopic (exact) mass is 230 g/mol. The maximum Gasteiger partial charge on any atom is 0.227 e. The average Bonchev–Trinajstić information content (AvgIpc) is 2.74. The summed E-state index contributed by atoms with van der Waals surface area (Å²) < 4.78 is 5.27. The Morgan fingerprint density at radius 2 is 2.31 bits per heavy atom. The van der Waals surface area contributed by atoms with Gasteiger partial charge in [0.15, 0.2) is 0 Å². The molecule has 5 nitrogen and oxygen atoms in total. The fourth-order valence-corrected chi connectivity index (χ4v) is 1.83. The van der Waals surface area contributed by atoms with Gasteiger partial charge in [-0.1, -0.05) is 6.92 Å². The van der Waals surface area contributed by atoms with Crippen LogP contribution in [0.1, 0.15) is 13.3 Å². The summed E-state index contributed by atoms with van der Waals surface area (Å²) in [5.41, 5.74) is 0. The van der Waals surface area contributed by atoms with Crippen molar-refractivity contribution >= 4 is 5.91 Å². The molecule has 1 aliphatic rings. The van der Waals surface area contributed by atoms with Crippen molar-refractivity contribution in [3.63, 3.8) is 0 Å². The zero-order valence-electron chi connectivity index (χ0n) is 10.0. The van der Waals surface area contributed by atoms with Gasteiger partial charge in [0.2, 0.25) is 5.91 Å². The van der Waals surface area contributed by atoms with Crippen molar-refractivity contribution in [2.24, 2.45) is 11.8 Å². The molecule has 0 saturated carbocycles. The molecule has 0 aromatic carbocycles. The molecule has 3 N–H and O–H groups in total. The number of carbonyl (C=O) groups excluding carboxylic acids is 1. The zero-order chi connectivity index (χ0) is 12.0. The Hall–Kier alpha value is -0.650. The number of hydrogen-bond donors (Lipinski definition) is 3. The van der Waals surface area contributed by atoms with Crippen LogP contribution in [0, 0.1) is 11.8 Å². The van der Waals surface area contributed by atoms with Crippen LogP contribution >= 0.6 is 0 Å². The lowest BCUT2D eigenvalue weighted by Gasteiger charge is -2.18. The molecule has 0 spiro atoms. The molecule has 0 aromatic rings. The highest BCUT2D eigenvalue weighted by Crippen LogP contribution is 2.13. The van der Waals surface area contributed by atoms with Gasteiger partial charge in [-0.05, 0) is 19.4 Å². The first kappa shape index (κ1) is 13.4. The summed E-state index contributed by atoms with van der Waals surface area (Å²) in [6, 6.07) is 0.119. The molecule has 3 atom stereocenters. The fraction of sp³-hybridized carbons (Fsp3) is 0.909. The summed E-state index contributed by atoms with van der Waals surface area (Å²) in [5.74, 6) is 0.261. The Kier molecular flexibility index (Phi) is 5.73. The topological polar surface area (TPSA) is 70.6 Å². The number of nitrogens with one attached hydrogen (secondary N) is 2. The molecule has 1 saturated heterocycles. The molecular formula is C11H22N2O3. The summed E-state index contributed by atoms with van der Waals surface area (Å²) in [6.07, 6.45) is 0.719. The van der Waals surface area contributed by atoms with E-state index in [0.717, 1.165) is 6.42 Å². The molecule has 1 amide bonds. The van der Waals surface area contributed by atoms with Gasteiger partial charge >= 0.3 is 0 Å². The minimum absolute atomic E-state index is 0.0432. The Morgan fingerprint density at radius 3 is 2.94 bits per heavy atom. The second kappa shape index (κ2) is 6.83. The molecule has 1 aliphatic heterocycles. The molecular weight excluding hydrogens is 208 g/mol. The number of aliphatic hydroxyl groups is 1. The number of amides is 1. The van der Waals surface area contributed by atoms with Crippen LogP contribution in [-0.2, 0) is 9.53 Å². The van der Waals surface area contributed by atoms with Crippen molar-refractivity contribution < 1.29 is 14.6 Å².